The molecule has 0 aromatic carbocycles. The van der Waals surface area contributed by atoms with E-state index in [9.17, 15) is 19.8 Å². The zero-order valence-electron chi connectivity index (χ0n) is 43.4. The lowest BCUT2D eigenvalue weighted by Gasteiger charge is -2.32. The van der Waals surface area contributed by atoms with Crippen LogP contribution in [0.15, 0.2) is 0 Å². The monoisotopic (exact) mass is 890 g/mol. The van der Waals surface area contributed by atoms with Crippen molar-refractivity contribution in [1.82, 2.24) is 4.90 Å². The number of carbonyl (C=O) groups is 2. The Bertz CT molecular complexity index is 859. The Kier molecular flexibility index (Phi) is 51.3. The van der Waals surface area contributed by atoms with E-state index >= 15 is 0 Å². The van der Waals surface area contributed by atoms with Crippen LogP contribution in [0.2, 0.25) is 0 Å². The van der Waals surface area contributed by atoms with E-state index in [-0.39, 0.29) is 18.4 Å². The average Bonchev–Trinajstić information content (AvgIpc) is 3.28. The van der Waals surface area contributed by atoms with Crippen LogP contribution in [0.5, 0.6) is 0 Å². The van der Waals surface area contributed by atoms with Crippen molar-refractivity contribution < 1.29 is 19.8 Å². The van der Waals surface area contributed by atoms with Gasteiger partial charge in [-0.2, -0.15) is 0 Å². The number of aliphatic hydroxyl groups is 2. The maximum Gasteiger partial charge on any atom is 0.229 e. The van der Waals surface area contributed by atoms with E-state index in [1.807, 2.05) is 0 Å². The molecule has 5 nitrogen and oxygen atoms in total. The lowest BCUT2D eigenvalue weighted by atomic mass is 9.99. The number of carbonyl (C=O) groups excluding carboxylic acids is 2. The van der Waals surface area contributed by atoms with Gasteiger partial charge in [0.25, 0.3) is 0 Å². The minimum atomic E-state index is -0.873. The van der Waals surface area contributed by atoms with E-state index in [2.05, 4.69) is 20.8 Å². The zero-order valence-corrected chi connectivity index (χ0v) is 43.4. The molecule has 0 saturated carbocycles. The Morgan fingerprint density at radius 1 is 0.317 bits per heavy atom. The third-order valence-electron chi connectivity index (χ3n) is 14.1. The summed E-state index contributed by atoms with van der Waals surface area (Å²) in [4.78, 5) is 28.7. The molecule has 0 aromatic rings. The van der Waals surface area contributed by atoms with Crippen LogP contribution in [0.1, 0.15) is 342 Å². The molecule has 63 heavy (non-hydrogen) atoms. The van der Waals surface area contributed by atoms with Crippen LogP contribution in [0.4, 0.5) is 0 Å². The van der Waals surface area contributed by atoms with Crippen molar-refractivity contribution >= 4 is 11.8 Å². The van der Waals surface area contributed by atoms with E-state index in [0.29, 0.717) is 19.3 Å². The van der Waals surface area contributed by atoms with Crippen molar-refractivity contribution in [3.8, 4) is 0 Å². The molecule has 0 spiro atoms. The minimum Gasteiger partial charge on any atom is -0.394 e. The number of hydrogen-bond acceptors (Lipinski definition) is 4. The van der Waals surface area contributed by atoms with Gasteiger partial charge in [0, 0.05) is 12.8 Å². The molecule has 0 radical (unpaired) electrons. The molecule has 2 amide bonds. The smallest absolute Gasteiger partial charge is 0.229 e. The quantitative estimate of drug-likeness (QED) is 0.0597. The Balaban J connectivity index is 4.55. The van der Waals surface area contributed by atoms with Gasteiger partial charge in [-0.3, -0.25) is 14.5 Å². The van der Waals surface area contributed by atoms with Crippen LogP contribution in [-0.2, 0) is 9.59 Å². The second-order valence-electron chi connectivity index (χ2n) is 20.3. The van der Waals surface area contributed by atoms with Gasteiger partial charge >= 0.3 is 0 Å². The van der Waals surface area contributed by atoms with Crippen molar-refractivity contribution in [2.75, 3.05) is 6.61 Å². The van der Waals surface area contributed by atoms with E-state index in [4.69, 9.17) is 0 Å². The number of rotatable bonds is 53. The molecule has 5 heteroatoms. The number of amides is 2. The molecule has 0 aliphatic heterocycles. The molecule has 0 bridgehead atoms. The predicted molar refractivity (Wildman–Crippen MR) is 277 cm³/mol. The molecule has 0 aliphatic carbocycles. The first kappa shape index (κ1) is 62.1. The lowest BCUT2D eigenvalue weighted by Crippen LogP contribution is -2.52. The standard InChI is InChI=1S/C58H115NO4/c1-4-7-10-13-16-19-22-25-27-29-31-34-37-40-43-46-49-52-57(62)59(55(54-60)56(61)51-48-45-42-39-36-33-24-21-18-15-12-9-6-3)58(63)53-50-47-44-41-38-35-32-30-28-26-23-20-17-14-11-8-5-2/h55-56,60-61H,4-54H2,1-3H3. The topological polar surface area (TPSA) is 77.8 Å². The largest absolute Gasteiger partial charge is 0.394 e. The molecule has 2 unspecified atom stereocenters. The summed E-state index contributed by atoms with van der Waals surface area (Å²) in [6, 6.07) is -0.834. The summed E-state index contributed by atoms with van der Waals surface area (Å²) in [6.07, 6.45) is 60.7. The highest BCUT2D eigenvalue weighted by Gasteiger charge is 2.33. The van der Waals surface area contributed by atoms with E-state index in [1.165, 1.54) is 249 Å². The van der Waals surface area contributed by atoms with Crippen molar-refractivity contribution in [2.24, 2.45) is 0 Å². The predicted octanol–water partition coefficient (Wildman–Crippen LogP) is 18.6. The van der Waals surface area contributed by atoms with Gasteiger partial charge in [-0.25, -0.2) is 0 Å². The Labute approximate surface area is 395 Å². The molecular weight excluding hydrogens is 775 g/mol. The maximum atomic E-state index is 13.7. The third-order valence-corrected chi connectivity index (χ3v) is 14.1. The van der Waals surface area contributed by atoms with Gasteiger partial charge in [0.1, 0.15) is 0 Å². The molecule has 0 rings (SSSR count). The molecule has 0 aliphatic rings. The van der Waals surface area contributed by atoms with Crippen molar-refractivity contribution in [3.05, 3.63) is 0 Å². The summed E-state index contributed by atoms with van der Waals surface area (Å²) in [6.45, 7) is 6.48. The van der Waals surface area contributed by atoms with Crippen molar-refractivity contribution in [3.63, 3.8) is 0 Å². The molecule has 2 atom stereocenters. The Morgan fingerprint density at radius 2 is 0.508 bits per heavy atom. The van der Waals surface area contributed by atoms with E-state index < -0.39 is 12.1 Å². The molecule has 376 valence electrons. The zero-order chi connectivity index (χ0) is 45.9. The van der Waals surface area contributed by atoms with Crippen LogP contribution >= 0.6 is 0 Å². The Morgan fingerprint density at radius 3 is 0.714 bits per heavy atom. The fourth-order valence-electron chi connectivity index (χ4n) is 9.69. The van der Waals surface area contributed by atoms with Crippen LogP contribution in [-0.4, -0.2) is 45.7 Å². The van der Waals surface area contributed by atoms with Gasteiger partial charge in [0.05, 0.1) is 18.8 Å². The van der Waals surface area contributed by atoms with Crippen LogP contribution in [0, 0.1) is 0 Å². The molecule has 0 heterocycles. The van der Waals surface area contributed by atoms with Gasteiger partial charge in [-0.15, -0.1) is 0 Å². The molecule has 2 N–H and O–H groups in total. The second kappa shape index (κ2) is 52.0. The maximum absolute atomic E-state index is 13.7. The Hall–Kier alpha value is -0.940. The third kappa shape index (κ3) is 43.4. The summed E-state index contributed by atoms with van der Waals surface area (Å²) >= 11 is 0. The van der Waals surface area contributed by atoms with Crippen LogP contribution < -0.4 is 0 Å². The minimum absolute atomic E-state index is 0.198. The summed E-state index contributed by atoms with van der Waals surface area (Å²) < 4.78 is 0. The molecule has 0 fully saturated rings. The number of unbranched alkanes of at least 4 members (excludes halogenated alkanes) is 44. The van der Waals surface area contributed by atoms with Gasteiger partial charge < -0.3 is 10.2 Å². The van der Waals surface area contributed by atoms with Gasteiger partial charge in [-0.1, -0.05) is 310 Å². The summed E-state index contributed by atoms with van der Waals surface area (Å²) in [5.74, 6) is -0.396. The normalized spacial score (nSPS) is 12.6. The first-order chi connectivity index (χ1) is 31.0. The average molecular weight is 891 g/mol. The fraction of sp³-hybridized carbons (Fsp3) is 0.966. The highest BCUT2D eigenvalue weighted by atomic mass is 16.3. The number of aliphatic hydroxyl groups excluding tert-OH is 2. The van der Waals surface area contributed by atoms with Crippen molar-refractivity contribution in [2.45, 2.75) is 354 Å². The number of imide groups is 1. The highest BCUT2D eigenvalue weighted by molar-refractivity contribution is 5.95. The number of nitrogens with zero attached hydrogens (tertiary/aromatic N) is 1. The highest BCUT2D eigenvalue weighted by Crippen LogP contribution is 2.21. The summed E-state index contributed by atoms with van der Waals surface area (Å²) in [7, 11) is 0. The van der Waals surface area contributed by atoms with Gasteiger partial charge in [0.2, 0.25) is 11.8 Å². The molecule has 0 saturated heterocycles. The first-order valence-corrected chi connectivity index (χ1v) is 29.2. The number of hydrogen-bond donors (Lipinski definition) is 2. The van der Waals surface area contributed by atoms with Crippen molar-refractivity contribution in [1.29, 1.82) is 0 Å². The fourth-order valence-corrected chi connectivity index (χ4v) is 9.69. The van der Waals surface area contributed by atoms with Gasteiger partial charge in [0.15, 0.2) is 0 Å². The summed E-state index contributed by atoms with van der Waals surface area (Å²) in [5, 5.41) is 21.8. The van der Waals surface area contributed by atoms with Crippen LogP contribution in [0.25, 0.3) is 0 Å². The lowest BCUT2D eigenvalue weighted by molar-refractivity contribution is -0.152. The molecular formula is C58H115NO4. The van der Waals surface area contributed by atoms with E-state index in [1.54, 1.807) is 0 Å². The van der Waals surface area contributed by atoms with Crippen LogP contribution in [0.3, 0.4) is 0 Å². The van der Waals surface area contributed by atoms with E-state index in [0.717, 1.165) is 57.8 Å². The molecule has 0 aromatic heterocycles. The first-order valence-electron chi connectivity index (χ1n) is 29.2. The SMILES string of the molecule is CCCCCCCCCCCCCCCCCCCC(=O)N(C(=O)CCCCCCCCCCCCCCCCCCC)C(CO)C(O)CCCCCCCCCCCCCCC. The summed E-state index contributed by atoms with van der Waals surface area (Å²) in [5.41, 5.74) is 0. The van der Waals surface area contributed by atoms with Gasteiger partial charge in [-0.05, 0) is 19.3 Å². The second-order valence-corrected chi connectivity index (χ2v) is 20.3.